The SMILES string of the molecule is CCOCCOCCOCCOCCNC(=O)CCCC[C@@H]1SCC2NC[N+](=N)C21. The monoisotopic (exact) mass is 447 g/mol. The van der Waals surface area contributed by atoms with E-state index in [1.54, 1.807) is 4.70 Å². The van der Waals surface area contributed by atoms with E-state index < -0.39 is 0 Å². The quantitative estimate of drug-likeness (QED) is 0.214. The van der Waals surface area contributed by atoms with Crippen LogP contribution in [-0.2, 0) is 23.7 Å². The van der Waals surface area contributed by atoms with Crippen LogP contribution < -0.4 is 10.6 Å². The number of hydrogen-bond acceptors (Lipinski definition) is 8. The molecule has 30 heavy (non-hydrogen) atoms. The van der Waals surface area contributed by atoms with Gasteiger partial charge in [-0.1, -0.05) is 12.0 Å². The van der Waals surface area contributed by atoms with E-state index in [0.717, 1.165) is 25.0 Å². The fraction of sp³-hybridized carbons (Fsp3) is 0.950. The van der Waals surface area contributed by atoms with Crippen LogP contribution in [0.3, 0.4) is 0 Å². The smallest absolute Gasteiger partial charge is 0.222 e. The van der Waals surface area contributed by atoms with Crippen LogP contribution in [0.5, 0.6) is 0 Å². The van der Waals surface area contributed by atoms with E-state index >= 15 is 0 Å². The van der Waals surface area contributed by atoms with Gasteiger partial charge in [0.05, 0.1) is 57.5 Å². The molecule has 0 aromatic heterocycles. The number of unbranched alkanes of at least 4 members (excludes halogenated alkanes) is 1. The summed E-state index contributed by atoms with van der Waals surface area (Å²) >= 11 is 1.96. The van der Waals surface area contributed by atoms with Crippen LogP contribution in [0.15, 0.2) is 0 Å². The van der Waals surface area contributed by atoms with Crippen molar-refractivity contribution in [3.63, 3.8) is 0 Å². The topological polar surface area (TPSA) is 105 Å². The van der Waals surface area contributed by atoms with Gasteiger partial charge in [0.2, 0.25) is 18.6 Å². The first kappa shape index (κ1) is 25.5. The van der Waals surface area contributed by atoms with Crippen LogP contribution in [0.4, 0.5) is 0 Å². The third-order valence-electron chi connectivity index (χ3n) is 5.20. The zero-order valence-corrected chi connectivity index (χ0v) is 19.1. The van der Waals surface area contributed by atoms with Gasteiger partial charge < -0.3 is 24.3 Å². The average molecular weight is 448 g/mol. The lowest BCUT2D eigenvalue weighted by Gasteiger charge is -2.12. The third kappa shape index (κ3) is 10.0. The number of hydrogen-bond donors (Lipinski definition) is 3. The van der Waals surface area contributed by atoms with Crippen LogP contribution in [0.1, 0.15) is 32.6 Å². The zero-order valence-electron chi connectivity index (χ0n) is 18.2. The molecule has 2 unspecified atom stereocenters. The van der Waals surface area contributed by atoms with Crippen LogP contribution in [0.2, 0.25) is 0 Å². The minimum Gasteiger partial charge on any atom is -0.379 e. The van der Waals surface area contributed by atoms with E-state index in [9.17, 15) is 4.79 Å². The minimum atomic E-state index is 0.0839. The maximum absolute atomic E-state index is 11.9. The number of nitrogens with one attached hydrogen (secondary N) is 3. The van der Waals surface area contributed by atoms with Crippen molar-refractivity contribution < 1.29 is 28.4 Å². The lowest BCUT2D eigenvalue weighted by Crippen LogP contribution is -2.34. The van der Waals surface area contributed by atoms with Crippen molar-refractivity contribution in [2.45, 2.75) is 49.9 Å². The van der Waals surface area contributed by atoms with Gasteiger partial charge in [0.25, 0.3) is 0 Å². The summed E-state index contributed by atoms with van der Waals surface area (Å²) in [5.74, 6) is 1.18. The van der Waals surface area contributed by atoms with E-state index in [4.69, 9.17) is 24.5 Å². The number of ether oxygens (including phenoxy) is 4. The van der Waals surface area contributed by atoms with Crippen LogP contribution in [0, 0.1) is 5.53 Å². The zero-order chi connectivity index (χ0) is 21.4. The molecule has 2 rings (SSSR count). The van der Waals surface area contributed by atoms with Crippen molar-refractivity contribution >= 4 is 17.7 Å². The van der Waals surface area contributed by atoms with E-state index in [1.165, 1.54) is 0 Å². The largest absolute Gasteiger partial charge is 0.379 e. The molecule has 2 saturated heterocycles. The third-order valence-corrected chi connectivity index (χ3v) is 6.69. The van der Waals surface area contributed by atoms with E-state index in [2.05, 4.69) is 10.6 Å². The summed E-state index contributed by atoms with van der Waals surface area (Å²) in [6.07, 6.45) is 3.57. The van der Waals surface area contributed by atoms with Crippen molar-refractivity contribution in [1.82, 2.24) is 10.6 Å². The number of nitrogens with zero attached hydrogens (tertiary/aromatic N) is 1. The van der Waals surface area contributed by atoms with E-state index in [1.807, 2.05) is 18.7 Å². The molecule has 0 aliphatic carbocycles. The molecule has 1 amide bonds. The Kier molecular flexibility index (Phi) is 13.5. The van der Waals surface area contributed by atoms with E-state index in [0.29, 0.717) is 89.8 Å². The molecule has 10 heteroatoms. The molecular formula is C20H39N4O5S+. The van der Waals surface area contributed by atoms with Crippen molar-refractivity contribution in [2.75, 3.05) is 71.8 Å². The van der Waals surface area contributed by atoms with Gasteiger partial charge in [0.15, 0.2) is 0 Å². The molecular weight excluding hydrogens is 408 g/mol. The molecule has 3 atom stereocenters. The molecule has 2 heterocycles. The van der Waals surface area contributed by atoms with Crippen LogP contribution in [0.25, 0.3) is 0 Å². The summed E-state index contributed by atoms with van der Waals surface area (Å²) in [6, 6.07) is 0.794. The maximum Gasteiger partial charge on any atom is 0.222 e. The lowest BCUT2D eigenvalue weighted by molar-refractivity contribution is -0.630. The Morgan fingerprint density at radius 1 is 1.07 bits per heavy atom. The summed E-state index contributed by atoms with van der Waals surface area (Å²) in [7, 11) is 0. The van der Waals surface area contributed by atoms with Gasteiger partial charge in [-0.25, -0.2) is 5.32 Å². The first-order valence-corrected chi connectivity index (χ1v) is 12.2. The van der Waals surface area contributed by atoms with Crippen molar-refractivity contribution in [3.05, 3.63) is 0 Å². The van der Waals surface area contributed by atoms with Gasteiger partial charge in [-0.05, 0) is 19.8 Å². The number of amides is 1. The standard InChI is InChI=1S/C20H38N4O5S/c1-2-26-9-10-28-13-14-29-12-11-27-8-7-22-19(25)6-4-3-5-18-20-17(15-30-18)23-16-24(20)21/h17-18,20-21,23H,2-16H2,1H3/p+1/t17?,18-,20?/m0/s1. The average Bonchev–Trinajstić information content (AvgIpc) is 3.32. The second kappa shape index (κ2) is 15.9. The lowest BCUT2D eigenvalue weighted by atomic mass is 10.0. The van der Waals surface area contributed by atoms with Gasteiger partial charge >= 0.3 is 0 Å². The molecule has 0 saturated carbocycles. The summed E-state index contributed by atoms with van der Waals surface area (Å²) in [4.78, 5) is 11.9. The minimum absolute atomic E-state index is 0.0839. The number of rotatable bonds is 18. The first-order chi connectivity index (χ1) is 14.7. The number of carbonyl (C=O) groups is 1. The Bertz CT molecular complexity index is 500. The highest BCUT2D eigenvalue weighted by Gasteiger charge is 2.49. The highest BCUT2D eigenvalue weighted by atomic mass is 32.2. The van der Waals surface area contributed by atoms with Gasteiger partial charge in [-0.3, -0.25) is 4.79 Å². The number of fused-ring (bicyclic) bond motifs is 1. The Labute approximate surface area is 184 Å². The second-order valence-electron chi connectivity index (χ2n) is 7.43. The molecule has 0 aromatic rings. The van der Waals surface area contributed by atoms with Gasteiger partial charge in [-0.15, -0.1) is 16.5 Å². The summed E-state index contributed by atoms with van der Waals surface area (Å²) < 4.78 is 23.1. The second-order valence-corrected chi connectivity index (χ2v) is 8.70. The molecule has 9 nitrogen and oxygen atoms in total. The fourth-order valence-corrected chi connectivity index (χ4v) is 5.28. The molecule has 2 aliphatic rings. The van der Waals surface area contributed by atoms with E-state index in [-0.39, 0.29) is 5.91 Å². The van der Waals surface area contributed by atoms with Crippen LogP contribution >= 0.6 is 11.8 Å². The Morgan fingerprint density at radius 3 is 2.43 bits per heavy atom. The molecule has 0 radical (unpaired) electrons. The van der Waals surface area contributed by atoms with Gasteiger partial charge in [0.1, 0.15) is 0 Å². The highest BCUT2D eigenvalue weighted by molar-refractivity contribution is 8.00. The Hall–Kier alpha value is -0.780. The maximum atomic E-state index is 11.9. The van der Waals surface area contributed by atoms with Crippen molar-refractivity contribution in [3.8, 4) is 0 Å². The summed E-state index contributed by atoms with van der Waals surface area (Å²) in [5.41, 5.74) is 8.00. The van der Waals surface area contributed by atoms with Crippen molar-refractivity contribution in [2.24, 2.45) is 0 Å². The van der Waals surface area contributed by atoms with Crippen molar-refractivity contribution in [1.29, 1.82) is 5.53 Å². The molecule has 174 valence electrons. The Morgan fingerprint density at radius 2 is 1.73 bits per heavy atom. The fourth-order valence-electron chi connectivity index (χ4n) is 3.64. The first-order valence-electron chi connectivity index (χ1n) is 11.1. The number of thioether (sulfide) groups is 1. The summed E-state index contributed by atoms with van der Waals surface area (Å²) in [5, 5.41) is 6.81. The molecule has 0 spiro atoms. The predicted molar refractivity (Wildman–Crippen MR) is 115 cm³/mol. The normalized spacial score (nSPS) is 23.1. The van der Waals surface area contributed by atoms with Crippen LogP contribution in [-0.4, -0.2) is 99.8 Å². The molecule has 2 fully saturated rings. The highest BCUT2D eigenvalue weighted by Crippen LogP contribution is 2.34. The van der Waals surface area contributed by atoms with Gasteiger partial charge in [0, 0.05) is 25.3 Å². The Balaban J connectivity index is 1.32. The van der Waals surface area contributed by atoms with Gasteiger partial charge in [-0.2, -0.15) is 0 Å². The molecule has 3 N–H and O–H groups in total. The summed E-state index contributed by atoms with van der Waals surface area (Å²) in [6.45, 7) is 7.72. The predicted octanol–water partition coefficient (Wildman–Crippen LogP) is 1.21. The molecule has 0 bridgehead atoms. The molecule has 0 aromatic carbocycles. The molecule has 2 aliphatic heterocycles. The number of carbonyl (C=O) groups excluding carboxylic acids is 1.